The average molecular weight is 241 g/mol. The summed E-state index contributed by atoms with van der Waals surface area (Å²) in [7, 11) is 2.04. The third-order valence-electron chi connectivity index (χ3n) is 3.18. The molecule has 2 rings (SSSR count). The van der Waals surface area contributed by atoms with Crippen molar-refractivity contribution in [3.8, 4) is 0 Å². The zero-order valence-corrected chi connectivity index (χ0v) is 11.1. The fourth-order valence-electron chi connectivity index (χ4n) is 1.89. The highest BCUT2D eigenvalue weighted by molar-refractivity contribution is 5.62. The van der Waals surface area contributed by atoms with Crippen LogP contribution in [0.5, 0.6) is 0 Å². The number of anilines is 2. The molecule has 0 aromatic heterocycles. The van der Waals surface area contributed by atoms with Gasteiger partial charge in [-0.15, -0.1) is 0 Å². The van der Waals surface area contributed by atoms with Crippen LogP contribution in [0.15, 0.2) is 48.5 Å². The molecule has 2 nitrogen and oxygen atoms in total. The average Bonchev–Trinajstić information content (AvgIpc) is 2.39. The van der Waals surface area contributed by atoms with E-state index in [0.29, 0.717) is 0 Å². The lowest BCUT2D eigenvalue weighted by molar-refractivity contribution is 0.199. The van der Waals surface area contributed by atoms with Gasteiger partial charge in [-0.05, 0) is 43.7 Å². The van der Waals surface area contributed by atoms with Crippen molar-refractivity contribution in [2.45, 2.75) is 20.0 Å². The number of nitrogens with zero attached hydrogens (tertiary/aromatic N) is 1. The van der Waals surface area contributed by atoms with Gasteiger partial charge in [0.15, 0.2) is 0 Å². The molecule has 2 aromatic carbocycles. The second-order valence-electron chi connectivity index (χ2n) is 4.66. The highest BCUT2D eigenvalue weighted by Crippen LogP contribution is 2.25. The van der Waals surface area contributed by atoms with E-state index in [2.05, 4.69) is 36.1 Å². The number of aryl methyl sites for hydroxylation is 1. The summed E-state index contributed by atoms with van der Waals surface area (Å²) >= 11 is 0. The molecular formula is C16H19NO. The smallest absolute Gasteiger partial charge is 0.0761 e. The Balaban J connectivity index is 2.23. The molecule has 2 aromatic rings. The predicted octanol–water partition coefficient (Wildman–Crippen LogP) is 3.82. The van der Waals surface area contributed by atoms with Crippen molar-refractivity contribution in [3.05, 3.63) is 59.7 Å². The number of rotatable bonds is 3. The predicted molar refractivity (Wildman–Crippen MR) is 76.3 cm³/mol. The number of hydrogen-bond acceptors (Lipinski definition) is 2. The molecule has 0 heterocycles. The van der Waals surface area contributed by atoms with Crippen LogP contribution < -0.4 is 4.90 Å². The van der Waals surface area contributed by atoms with Crippen LogP contribution in [0.4, 0.5) is 11.4 Å². The van der Waals surface area contributed by atoms with E-state index in [4.69, 9.17) is 0 Å². The molecule has 0 fully saturated rings. The lowest BCUT2D eigenvalue weighted by atomic mass is 10.1. The number of aliphatic hydroxyl groups is 1. The molecule has 0 aliphatic rings. The first-order valence-electron chi connectivity index (χ1n) is 6.16. The van der Waals surface area contributed by atoms with Gasteiger partial charge in [0.2, 0.25) is 0 Å². The summed E-state index contributed by atoms with van der Waals surface area (Å²) in [6, 6.07) is 16.4. The molecule has 1 N–H and O–H groups in total. The van der Waals surface area contributed by atoms with Crippen molar-refractivity contribution in [2.75, 3.05) is 11.9 Å². The number of benzene rings is 2. The third kappa shape index (κ3) is 2.71. The van der Waals surface area contributed by atoms with Crippen LogP contribution in [-0.2, 0) is 0 Å². The fraction of sp³-hybridized carbons (Fsp3) is 0.250. The Labute approximate surface area is 109 Å². The molecule has 0 saturated heterocycles. The second kappa shape index (κ2) is 5.23. The van der Waals surface area contributed by atoms with Gasteiger partial charge in [0.05, 0.1) is 6.10 Å². The normalized spacial score (nSPS) is 12.2. The summed E-state index contributed by atoms with van der Waals surface area (Å²) in [6.45, 7) is 3.86. The van der Waals surface area contributed by atoms with Crippen LogP contribution in [0.1, 0.15) is 24.2 Å². The molecule has 0 aliphatic heterocycles. The van der Waals surface area contributed by atoms with Gasteiger partial charge in [-0.3, -0.25) is 0 Å². The van der Waals surface area contributed by atoms with Crippen molar-refractivity contribution in [1.82, 2.24) is 0 Å². The summed E-state index contributed by atoms with van der Waals surface area (Å²) in [6.07, 6.45) is -0.413. The van der Waals surface area contributed by atoms with Crippen molar-refractivity contribution < 1.29 is 5.11 Å². The maximum absolute atomic E-state index is 9.49. The summed E-state index contributed by atoms with van der Waals surface area (Å²) < 4.78 is 0. The summed E-state index contributed by atoms with van der Waals surface area (Å²) in [5.41, 5.74) is 4.47. The Morgan fingerprint density at radius 2 is 1.33 bits per heavy atom. The van der Waals surface area contributed by atoms with Gasteiger partial charge in [-0.2, -0.15) is 0 Å². The lowest BCUT2D eigenvalue weighted by Crippen LogP contribution is -2.09. The monoisotopic (exact) mass is 241 g/mol. The third-order valence-corrected chi connectivity index (χ3v) is 3.18. The molecule has 94 valence electrons. The van der Waals surface area contributed by atoms with E-state index in [9.17, 15) is 5.11 Å². The lowest BCUT2D eigenvalue weighted by Gasteiger charge is -2.20. The molecule has 0 spiro atoms. The van der Waals surface area contributed by atoms with E-state index in [0.717, 1.165) is 16.9 Å². The Kier molecular flexibility index (Phi) is 3.68. The highest BCUT2D eigenvalue weighted by Gasteiger charge is 2.05. The molecule has 0 radical (unpaired) electrons. The molecule has 18 heavy (non-hydrogen) atoms. The minimum atomic E-state index is -0.413. The molecular weight excluding hydrogens is 222 g/mol. The van der Waals surface area contributed by atoms with Gasteiger partial charge >= 0.3 is 0 Å². The van der Waals surface area contributed by atoms with E-state index in [1.165, 1.54) is 5.56 Å². The molecule has 1 unspecified atom stereocenters. The van der Waals surface area contributed by atoms with Crippen molar-refractivity contribution in [2.24, 2.45) is 0 Å². The molecule has 2 heteroatoms. The largest absolute Gasteiger partial charge is 0.389 e. The standard InChI is InChI=1S/C16H19NO/c1-12-4-8-15(9-5-12)17(3)16-10-6-14(7-11-16)13(2)18/h4-11,13,18H,1-3H3. The van der Waals surface area contributed by atoms with Crippen LogP contribution in [0.2, 0.25) is 0 Å². The number of aliphatic hydroxyl groups excluding tert-OH is 1. The van der Waals surface area contributed by atoms with Crippen molar-refractivity contribution in [3.63, 3.8) is 0 Å². The van der Waals surface area contributed by atoms with Crippen LogP contribution in [0.3, 0.4) is 0 Å². The maximum atomic E-state index is 9.49. The minimum Gasteiger partial charge on any atom is -0.389 e. The van der Waals surface area contributed by atoms with Gasteiger partial charge in [0.25, 0.3) is 0 Å². The fourth-order valence-corrected chi connectivity index (χ4v) is 1.89. The van der Waals surface area contributed by atoms with Gasteiger partial charge < -0.3 is 10.0 Å². The Morgan fingerprint density at radius 3 is 1.78 bits per heavy atom. The first-order chi connectivity index (χ1) is 8.58. The Bertz CT molecular complexity index is 500. The van der Waals surface area contributed by atoms with Gasteiger partial charge in [-0.25, -0.2) is 0 Å². The zero-order valence-electron chi connectivity index (χ0n) is 11.1. The first-order valence-corrected chi connectivity index (χ1v) is 6.16. The van der Waals surface area contributed by atoms with E-state index in [-0.39, 0.29) is 0 Å². The molecule has 0 bridgehead atoms. The first kappa shape index (κ1) is 12.7. The van der Waals surface area contributed by atoms with Gasteiger partial charge in [-0.1, -0.05) is 29.8 Å². The van der Waals surface area contributed by atoms with Crippen LogP contribution in [0, 0.1) is 6.92 Å². The minimum absolute atomic E-state index is 0.413. The summed E-state index contributed by atoms with van der Waals surface area (Å²) in [5.74, 6) is 0. The van der Waals surface area contributed by atoms with Crippen LogP contribution in [0.25, 0.3) is 0 Å². The second-order valence-corrected chi connectivity index (χ2v) is 4.66. The molecule has 0 aliphatic carbocycles. The van der Waals surface area contributed by atoms with Gasteiger partial charge in [0, 0.05) is 18.4 Å². The highest BCUT2D eigenvalue weighted by atomic mass is 16.3. The molecule has 0 saturated carbocycles. The summed E-state index contributed by atoms with van der Waals surface area (Å²) in [5, 5.41) is 9.49. The van der Waals surface area contributed by atoms with Crippen LogP contribution in [-0.4, -0.2) is 12.2 Å². The Hall–Kier alpha value is -1.80. The van der Waals surface area contributed by atoms with E-state index >= 15 is 0 Å². The van der Waals surface area contributed by atoms with E-state index in [1.807, 2.05) is 31.3 Å². The van der Waals surface area contributed by atoms with E-state index < -0.39 is 6.10 Å². The number of hydrogen-bond donors (Lipinski definition) is 1. The van der Waals surface area contributed by atoms with Gasteiger partial charge in [0.1, 0.15) is 0 Å². The quantitative estimate of drug-likeness (QED) is 0.883. The topological polar surface area (TPSA) is 23.5 Å². The van der Waals surface area contributed by atoms with Crippen molar-refractivity contribution in [1.29, 1.82) is 0 Å². The van der Waals surface area contributed by atoms with Crippen LogP contribution >= 0.6 is 0 Å². The maximum Gasteiger partial charge on any atom is 0.0761 e. The Morgan fingerprint density at radius 1 is 0.889 bits per heavy atom. The van der Waals surface area contributed by atoms with E-state index in [1.54, 1.807) is 6.92 Å². The SMILES string of the molecule is Cc1ccc(N(C)c2ccc(C(C)O)cc2)cc1. The zero-order chi connectivity index (χ0) is 13.1. The summed E-state index contributed by atoms with van der Waals surface area (Å²) in [4.78, 5) is 2.13. The molecule has 0 amide bonds. The van der Waals surface area contributed by atoms with Crippen molar-refractivity contribution >= 4 is 11.4 Å². The molecule has 1 atom stereocenters.